The van der Waals surface area contributed by atoms with Crippen molar-refractivity contribution in [2.45, 2.75) is 42.9 Å². The van der Waals surface area contributed by atoms with Crippen molar-refractivity contribution in [2.24, 2.45) is 0 Å². The minimum atomic E-state index is -3.62. The first kappa shape index (κ1) is 19.9. The van der Waals surface area contributed by atoms with Gasteiger partial charge in [-0.05, 0) is 62.4 Å². The molecule has 0 bridgehead atoms. The molecule has 0 radical (unpaired) electrons. The second-order valence-corrected chi connectivity index (χ2v) is 10.1. The van der Waals surface area contributed by atoms with E-state index in [1.54, 1.807) is 24.3 Å². The summed E-state index contributed by atoms with van der Waals surface area (Å²) >= 11 is 1.24. The molecule has 1 unspecified atom stereocenters. The quantitative estimate of drug-likeness (QED) is 0.690. The predicted molar refractivity (Wildman–Crippen MR) is 105 cm³/mol. The Bertz CT molecular complexity index is 891. The van der Waals surface area contributed by atoms with Gasteiger partial charge in [0, 0.05) is 18.0 Å². The van der Waals surface area contributed by atoms with Crippen LogP contribution < -0.4 is 5.32 Å². The fraction of sp³-hybridized carbons (Fsp3) is 0.421. The lowest BCUT2D eigenvalue weighted by Gasteiger charge is -2.22. The van der Waals surface area contributed by atoms with Crippen LogP contribution >= 0.6 is 11.3 Å². The maximum Gasteiger partial charge on any atom is 0.253 e. The molecule has 1 aliphatic heterocycles. The number of thiophene rings is 1. The van der Waals surface area contributed by atoms with E-state index in [0.717, 1.165) is 23.3 Å². The van der Waals surface area contributed by atoms with Gasteiger partial charge in [0.05, 0.1) is 0 Å². The third-order valence-corrected chi connectivity index (χ3v) is 8.04. The largest absolute Gasteiger partial charge is 0.508 e. The Morgan fingerprint density at radius 2 is 2.00 bits per heavy atom. The van der Waals surface area contributed by atoms with Crippen molar-refractivity contribution in [2.75, 3.05) is 13.1 Å². The van der Waals surface area contributed by atoms with Crippen molar-refractivity contribution in [1.82, 2.24) is 9.62 Å². The van der Waals surface area contributed by atoms with Crippen LogP contribution in [0.25, 0.3) is 0 Å². The third kappa shape index (κ3) is 4.69. The molecule has 27 heavy (non-hydrogen) atoms. The monoisotopic (exact) mass is 408 g/mol. The number of nitrogens with one attached hydrogen (secondary N) is 1. The second-order valence-electron chi connectivity index (χ2n) is 6.70. The van der Waals surface area contributed by atoms with Gasteiger partial charge in [0.25, 0.3) is 10.0 Å². The molecular formula is C19H24N2O4S2. The molecule has 2 aromatic rings. The molecule has 1 saturated heterocycles. The van der Waals surface area contributed by atoms with Crippen LogP contribution in [0.15, 0.2) is 40.6 Å². The Balaban J connectivity index is 1.55. The zero-order valence-electron chi connectivity index (χ0n) is 15.2. The molecule has 1 aromatic carbocycles. The van der Waals surface area contributed by atoms with Crippen molar-refractivity contribution in [1.29, 1.82) is 0 Å². The highest BCUT2D eigenvalue weighted by atomic mass is 32.2. The molecule has 8 heteroatoms. The number of hydrogen-bond donors (Lipinski definition) is 2. The maximum absolute atomic E-state index is 12.8. The zero-order chi connectivity index (χ0) is 19.4. The molecule has 1 atom stereocenters. The highest BCUT2D eigenvalue weighted by molar-refractivity contribution is 7.91. The summed E-state index contributed by atoms with van der Waals surface area (Å²) in [6, 6.07) is 9.75. The molecule has 1 aliphatic rings. The Hall–Kier alpha value is -1.90. The first-order valence-corrected chi connectivity index (χ1v) is 11.3. The Morgan fingerprint density at radius 3 is 2.67 bits per heavy atom. The molecule has 3 rings (SSSR count). The standard InChI is InChI=1S/C19H24N2O4S2/c1-14-6-11-18(26-14)27(24,25)21-13-3-5-17(21)19(23)20-12-2-4-15-7-9-16(22)10-8-15/h6-11,17,22H,2-5,12-13H2,1H3,(H,20,23). The molecule has 0 spiro atoms. The molecular weight excluding hydrogens is 384 g/mol. The third-order valence-electron chi connectivity index (χ3n) is 4.66. The number of phenolic OH excluding ortho intramolecular Hbond substituents is 1. The number of sulfonamides is 1. The lowest BCUT2D eigenvalue weighted by molar-refractivity contribution is -0.124. The second kappa shape index (κ2) is 8.41. The van der Waals surface area contributed by atoms with E-state index in [-0.39, 0.29) is 11.7 Å². The molecule has 0 aliphatic carbocycles. The number of phenols is 1. The van der Waals surface area contributed by atoms with E-state index in [9.17, 15) is 18.3 Å². The van der Waals surface area contributed by atoms with Gasteiger partial charge < -0.3 is 10.4 Å². The van der Waals surface area contributed by atoms with E-state index < -0.39 is 16.1 Å². The summed E-state index contributed by atoms with van der Waals surface area (Å²) in [5, 5.41) is 12.2. The van der Waals surface area contributed by atoms with Crippen molar-refractivity contribution in [3.63, 3.8) is 0 Å². The van der Waals surface area contributed by atoms with Crippen molar-refractivity contribution in [3.05, 3.63) is 46.8 Å². The topological polar surface area (TPSA) is 86.7 Å². The van der Waals surface area contributed by atoms with Crippen molar-refractivity contribution >= 4 is 27.3 Å². The number of carbonyl (C=O) groups excluding carboxylic acids is 1. The molecule has 6 nitrogen and oxygen atoms in total. The highest BCUT2D eigenvalue weighted by Crippen LogP contribution is 2.30. The van der Waals surface area contributed by atoms with E-state index in [1.807, 2.05) is 19.1 Å². The van der Waals surface area contributed by atoms with Gasteiger partial charge in [0.15, 0.2) is 0 Å². The van der Waals surface area contributed by atoms with E-state index in [1.165, 1.54) is 15.6 Å². The van der Waals surface area contributed by atoms with Gasteiger partial charge in [-0.2, -0.15) is 4.31 Å². The van der Waals surface area contributed by atoms with E-state index in [2.05, 4.69) is 5.32 Å². The minimum absolute atomic E-state index is 0.227. The number of carbonyl (C=O) groups is 1. The van der Waals surface area contributed by atoms with Crippen molar-refractivity contribution < 1.29 is 18.3 Å². The Labute approximate surface area is 163 Å². The molecule has 2 heterocycles. The number of amides is 1. The normalized spacial score (nSPS) is 17.9. The fourth-order valence-electron chi connectivity index (χ4n) is 3.24. The Morgan fingerprint density at radius 1 is 1.26 bits per heavy atom. The smallest absolute Gasteiger partial charge is 0.253 e. The highest BCUT2D eigenvalue weighted by Gasteiger charge is 2.39. The lowest BCUT2D eigenvalue weighted by atomic mass is 10.1. The zero-order valence-corrected chi connectivity index (χ0v) is 16.9. The lowest BCUT2D eigenvalue weighted by Crippen LogP contribution is -2.45. The molecule has 2 N–H and O–H groups in total. The van der Waals surface area contributed by atoms with E-state index in [4.69, 9.17) is 0 Å². The fourth-order valence-corrected chi connectivity index (χ4v) is 6.31. The summed E-state index contributed by atoms with van der Waals surface area (Å²) in [7, 11) is -3.62. The predicted octanol–water partition coefficient (Wildman–Crippen LogP) is 2.66. The summed E-state index contributed by atoms with van der Waals surface area (Å²) < 4.78 is 27.3. The number of nitrogens with zero attached hydrogens (tertiary/aromatic N) is 1. The van der Waals surface area contributed by atoms with Gasteiger partial charge in [0.2, 0.25) is 5.91 Å². The summed E-state index contributed by atoms with van der Waals surface area (Å²) in [6.45, 7) is 2.74. The van der Waals surface area contributed by atoms with Crippen LogP contribution in [0.3, 0.4) is 0 Å². The first-order chi connectivity index (χ1) is 12.9. The van der Waals surface area contributed by atoms with Gasteiger partial charge in [-0.15, -0.1) is 11.3 Å². The SMILES string of the molecule is Cc1ccc(S(=O)(=O)N2CCCC2C(=O)NCCCc2ccc(O)cc2)s1. The number of aryl methyl sites for hydroxylation is 2. The van der Waals surface area contributed by atoms with E-state index in [0.29, 0.717) is 30.1 Å². The summed E-state index contributed by atoms with van der Waals surface area (Å²) in [5.74, 6) is 0.00517. The molecule has 1 fully saturated rings. The van der Waals surface area contributed by atoms with E-state index >= 15 is 0 Å². The van der Waals surface area contributed by atoms with Gasteiger partial charge in [-0.3, -0.25) is 4.79 Å². The van der Waals surface area contributed by atoms with Crippen molar-refractivity contribution in [3.8, 4) is 5.75 Å². The van der Waals surface area contributed by atoms with Gasteiger partial charge >= 0.3 is 0 Å². The Kier molecular flexibility index (Phi) is 6.18. The van der Waals surface area contributed by atoms with Gasteiger partial charge in [-0.1, -0.05) is 12.1 Å². The summed E-state index contributed by atoms with van der Waals surface area (Å²) in [4.78, 5) is 13.5. The number of benzene rings is 1. The average molecular weight is 409 g/mol. The van der Waals surface area contributed by atoms with Gasteiger partial charge in [-0.25, -0.2) is 8.42 Å². The summed E-state index contributed by atoms with van der Waals surface area (Å²) in [5.41, 5.74) is 1.08. The molecule has 1 aromatic heterocycles. The molecule has 146 valence electrons. The number of rotatable bonds is 7. The van der Waals surface area contributed by atoms with Crippen LogP contribution in [-0.2, 0) is 21.2 Å². The minimum Gasteiger partial charge on any atom is -0.508 e. The van der Waals surface area contributed by atoms with Crippen LogP contribution in [0.5, 0.6) is 5.75 Å². The molecule has 1 amide bonds. The van der Waals surface area contributed by atoms with Crippen LogP contribution in [-0.4, -0.2) is 42.9 Å². The van der Waals surface area contributed by atoms with Crippen LogP contribution in [0.4, 0.5) is 0 Å². The first-order valence-electron chi connectivity index (χ1n) is 9.02. The average Bonchev–Trinajstić information content (AvgIpc) is 3.30. The number of hydrogen-bond acceptors (Lipinski definition) is 5. The van der Waals surface area contributed by atoms with Gasteiger partial charge in [0.1, 0.15) is 16.0 Å². The van der Waals surface area contributed by atoms with Crippen LogP contribution in [0, 0.1) is 6.92 Å². The van der Waals surface area contributed by atoms with Crippen LogP contribution in [0.2, 0.25) is 0 Å². The maximum atomic E-state index is 12.8. The molecule has 0 saturated carbocycles. The van der Waals surface area contributed by atoms with Crippen LogP contribution in [0.1, 0.15) is 29.7 Å². The number of aromatic hydroxyl groups is 1. The summed E-state index contributed by atoms with van der Waals surface area (Å²) in [6.07, 6.45) is 2.77.